The minimum atomic E-state index is 0.353. The number of ether oxygens (including phenoxy) is 1. The van der Waals surface area contributed by atoms with Crippen LogP contribution in [0.15, 0.2) is 16.7 Å². The molecule has 1 aromatic heterocycles. The molecule has 2 atom stereocenters. The highest BCUT2D eigenvalue weighted by molar-refractivity contribution is 5.25. The maximum Gasteiger partial charge on any atom is 0.109 e. The largest absolute Gasteiger partial charge is 0.469 e. The number of fused-ring (bicyclic) bond motifs is 1. The second-order valence-corrected chi connectivity index (χ2v) is 4.03. The summed E-state index contributed by atoms with van der Waals surface area (Å²) in [6.07, 6.45) is 5.51. The monoisotopic (exact) mass is 193 g/mol. The van der Waals surface area contributed by atoms with Gasteiger partial charge in [-0.1, -0.05) is 0 Å². The van der Waals surface area contributed by atoms with Gasteiger partial charge in [-0.2, -0.15) is 0 Å². The van der Waals surface area contributed by atoms with E-state index >= 15 is 0 Å². The molecular formula is C11H15NO2. The smallest absolute Gasteiger partial charge is 0.109 e. The minimum absolute atomic E-state index is 0.353. The molecule has 3 rings (SSSR count). The summed E-state index contributed by atoms with van der Waals surface area (Å²) in [5, 5.41) is 3.52. The van der Waals surface area contributed by atoms with E-state index in [0.29, 0.717) is 12.1 Å². The number of furan rings is 1. The van der Waals surface area contributed by atoms with E-state index in [2.05, 4.69) is 11.4 Å². The Balaban J connectivity index is 1.88. The Kier molecular flexibility index (Phi) is 2.07. The Bertz CT molecular complexity index is 315. The Morgan fingerprint density at radius 2 is 2.43 bits per heavy atom. The summed E-state index contributed by atoms with van der Waals surface area (Å²) in [5.74, 6) is 1.14. The molecule has 1 fully saturated rings. The Labute approximate surface area is 83.4 Å². The Morgan fingerprint density at radius 3 is 3.29 bits per heavy atom. The summed E-state index contributed by atoms with van der Waals surface area (Å²) in [6.45, 7) is 1.92. The van der Waals surface area contributed by atoms with Gasteiger partial charge in [0.1, 0.15) is 5.76 Å². The van der Waals surface area contributed by atoms with Crippen LogP contribution in [0.2, 0.25) is 0 Å². The van der Waals surface area contributed by atoms with Gasteiger partial charge in [-0.15, -0.1) is 0 Å². The summed E-state index contributed by atoms with van der Waals surface area (Å²) < 4.78 is 11.2. The molecule has 0 saturated carbocycles. The van der Waals surface area contributed by atoms with Crippen LogP contribution < -0.4 is 5.32 Å². The summed E-state index contributed by atoms with van der Waals surface area (Å²) in [4.78, 5) is 0. The van der Waals surface area contributed by atoms with Crippen LogP contribution in [0.3, 0.4) is 0 Å². The van der Waals surface area contributed by atoms with Crippen molar-refractivity contribution in [1.29, 1.82) is 0 Å². The van der Waals surface area contributed by atoms with E-state index in [9.17, 15) is 0 Å². The van der Waals surface area contributed by atoms with E-state index in [-0.39, 0.29) is 0 Å². The zero-order valence-electron chi connectivity index (χ0n) is 8.16. The highest BCUT2D eigenvalue weighted by Crippen LogP contribution is 2.31. The molecule has 1 saturated heterocycles. The predicted octanol–water partition coefficient (Wildman–Crippen LogP) is 1.65. The van der Waals surface area contributed by atoms with Gasteiger partial charge in [0.05, 0.1) is 18.4 Å². The van der Waals surface area contributed by atoms with Crippen LogP contribution in [0.4, 0.5) is 0 Å². The van der Waals surface area contributed by atoms with Crippen LogP contribution in [-0.2, 0) is 11.2 Å². The van der Waals surface area contributed by atoms with Crippen molar-refractivity contribution in [2.75, 3.05) is 13.2 Å². The standard InChI is InChI=1S/C11H15NO2/c1-2-10(13-6-1)11-8-4-7-14-9(8)3-5-12-11/h4,7,10-12H,1-3,5-6H2. The molecular weight excluding hydrogens is 178 g/mol. The van der Waals surface area contributed by atoms with Crippen molar-refractivity contribution in [3.05, 3.63) is 23.7 Å². The molecule has 0 bridgehead atoms. The van der Waals surface area contributed by atoms with Gasteiger partial charge in [-0.05, 0) is 18.9 Å². The molecule has 0 spiro atoms. The molecule has 0 radical (unpaired) electrons. The van der Waals surface area contributed by atoms with Crippen LogP contribution in [0.1, 0.15) is 30.2 Å². The first kappa shape index (κ1) is 8.50. The summed E-state index contributed by atoms with van der Waals surface area (Å²) >= 11 is 0. The summed E-state index contributed by atoms with van der Waals surface area (Å²) in [6, 6.07) is 2.44. The van der Waals surface area contributed by atoms with Gasteiger partial charge in [0.15, 0.2) is 0 Å². The van der Waals surface area contributed by atoms with Crippen LogP contribution >= 0.6 is 0 Å². The summed E-state index contributed by atoms with van der Waals surface area (Å²) in [7, 11) is 0. The van der Waals surface area contributed by atoms with Crippen molar-refractivity contribution in [2.24, 2.45) is 0 Å². The van der Waals surface area contributed by atoms with Crippen molar-refractivity contribution >= 4 is 0 Å². The van der Waals surface area contributed by atoms with Crippen molar-refractivity contribution in [3.63, 3.8) is 0 Å². The highest BCUT2D eigenvalue weighted by Gasteiger charge is 2.31. The maximum absolute atomic E-state index is 5.71. The summed E-state index contributed by atoms with van der Waals surface area (Å²) in [5.41, 5.74) is 1.31. The first-order valence-corrected chi connectivity index (χ1v) is 5.36. The second-order valence-electron chi connectivity index (χ2n) is 4.03. The van der Waals surface area contributed by atoms with E-state index in [1.165, 1.54) is 18.4 Å². The molecule has 3 heterocycles. The lowest BCUT2D eigenvalue weighted by Gasteiger charge is -2.27. The van der Waals surface area contributed by atoms with Crippen LogP contribution in [0.5, 0.6) is 0 Å². The third-order valence-corrected chi connectivity index (χ3v) is 3.17. The fraction of sp³-hybridized carbons (Fsp3) is 0.636. The van der Waals surface area contributed by atoms with E-state index in [0.717, 1.165) is 25.3 Å². The van der Waals surface area contributed by atoms with Crippen LogP contribution in [-0.4, -0.2) is 19.3 Å². The average molecular weight is 193 g/mol. The quantitative estimate of drug-likeness (QED) is 0.736. The number of hydrogen-bond acceptors (Lipinski definition) is 3. The van der Waals surface area contributed by atoms with Crippen molar-refractivity contribution in [2.45, 2.75) is 31.4 Å². The molecule has 0 aromatic carbocycles. The molecule has 2 aliphatic heterocycles. The Hall–Kier alpha value is -0.800. The molecule has 1 aromatic rings. The van der Waals surface area contributed by atoms with E-state index < -0.39 is 0 Å². The molecule has 0 aliphatic carbocycles. The van der Waals surface area contributed by atoms with Gasteiger partial charge in [0, 0.05) is 25.1 Å². The first-order chi connectivity index (χ1) is 6.95. The minimum Gasteiger partial charge on any atom is -0.469 e. The maximum atomic E-state index is 5.71. The zero-order valence-corrected chi connectivity index (χ0v) is 8.16. The van der Waals surface area contributed by atoms with E-state index in [4.69, 9.17) is 9.15 Å². The molecule has 0 amide bonds. The molecule has 3 heteroatoms. The third-order valence-electron chi connectivity index (χ3n) is 3.17. The van der Waals surface area contributed by atoms with Gasteiger partial charge in [0.2, 0.25) is 0 Å². The molecule has 2 unspecified atom stereocenters. The van der Waals surface area contributed by atoms with Gasteiger partial charge < -0.3 is 14.5 Å². The van der Waals surface area contributed by atoms with Gasteiger partial charge in [0.25, 0.3) is 0 Å². The van der Waals surface area contributed by atoms with Gasteiger partial charge >= 0.3 is 0 Å². The topological polar surface area (TPSA) is 34.4 Å². The fourth-order valence-corrected chi connectivity index (χ4v) is 2.48. The molecule has 3 nitrogen and oxygen atoms in total. The number of nitrogens with one attached hydrogen (secondary N) is 1. The number of rotatable bonds is 1. The number of hydrogen-bond donors (Lipinski definition) is 1. The molecule has 14 heavy (non-hydrogen) atoms. The van der Waals surface area contributed by atoms with Crippen molar-refractivity contribution in [3.8, 4) is 0 Å². The second kappa shape index (κ2) is 3.41. The lowest BCUT2D eigenvalue weighted by atomic mass is 9.95. The third kappa shape index (κ3) is 1.28. The predicted molar refractivity (Wildman–Crippen MR) is 52.1 cm³/mol. The molecule has 76 valence electrons. The van der Waals surface area contributed by atoms with Crippen LogP contribution in [0.25, 0.3) is 0 Å². The Morgan fingerprint density at radius 1 is 1.43 bits per heavy atom. The van der Waals surface area contributed by atoms with Crippen molar-refractivity contribution in [1.82, 2.24) is 5.32 Å². The lowest BCUT2D eigenvalue weighted by Crippen LogP contribution is -2.36. The molecule has 2 aliphatic rings. The van der Waals surface area contributed by atoms with E-state index in [1.54, 1.807) is 6.26 Å². The first-order valence-electron chi connectivity index (χ1n) is 5.36. The highest BCUT2D eigenvalue weighted by atomic mass is 16.5. The normalized spacial score (nSPS) is 31.7. The van der Waals surface area contributed by atoms with Crippen molar-refractivity contribution < 1.29 is 9.15 Å². The average Bonchev–Trinajstić information content (AvgIpc) is 2.88. The lowest BCUT2D eigenvalue weighted by molar-refractivity contribution is 0.0753. The van der Waals surface area contributed by atoms with Crippen LogP contribution in [0, 0.1) is 0 Å². The SMILES string of the molecule is c1cc2c(o1)CCNC2C1CCCO1. The molecule has 1 N–H and O–H groups in total. The van der Waals surface area contributed by atoms with E-state index in [1.807, 2.05) is 0 Å². The van der Waals surface area contributed by atoms with Gasteiger partial charge in [-0.25, -0.2) is 0 Å². The fourth-order valence-electron chi connectivity index (χ4n) is 2.48. The van der Waals surface area contributed by atoms with Gasteiger partial charge in [-0.3, -0.25) is 0 Å². The zero-order chi connectivity index (χ0) is 9.38.